The first-order valence-corrected chi connectivity index (χ1v) is 16.3. The molecule has 0 radical (unpaired) electrons. The van der Waals surface area contributed by atoms with Crippen LogP contribution in [0, 0.1) is 5.41 Å². The summed E-state index contributed by atoms with van der Waals surface area (Å²) in [5, 5.41) is 0. The van der Waals surface area contributed by atoms with E-state index < -0.39 is 0 Å². The Hall–Kier alpha value is -0.530. The predicted molar refractivity (Wildman–Crippen MR) is 156 cm³/mol. The highest BCUT2D eigenvalue weighted by Gasteiger charge is 2.33. The molecule has 0 amide bonds. The zero-order valence-corrected chi connectivity index (χ0v) is 24.9. The molecule has 0 aliphatic rings. The van der Waals surface area contributed by atoms with Gasteiger partial charge in [0.05, 0.1) is 12.0 Å². The van der Waals surface area contributed by atoms with Crippen molar-refractivity contribution in [2.45, 2.75) is 195 Å². The van der Waals surface area contributed by atoms with Gasteiger partial charge in [0.1, 0.15) is 0 Å². The monoisotopic (exact) mass is 495 g/mol. The van der Waals surface area contributed by atoms with Gasteiger partial charge in [-0.3, -0.25) is 4.79 Å². The number of hydrogen-bond donors (Lipinski definition) is 0. The number of hydrogen-bond acceptors (Lipinski definition) is 2. The highest BCUT2D eigenvalue weighted by molar-refractivity contribution is 5.76. The van der Waals surface area contributed by atoms with Crippen LogP contribution < -0.4 is 0 Å². The second-order valence-electron chi connectivity index (χ2n) is 11.6. The number of rotatable bonds is 28. The van der Waals surface area contributed by atoms with Crippen LogP contribution in [-0.2, 0) is 9.53 Å². The van der Waals surface area contributed by atoms with Gasteiger partial charge in [-0.05, 0) is 26.2 Å². The van der Waals surface area contributed by atoms with Gasteiger partial charge in [-0.1, -0.05) is 168 Å². The maximum atomic E-state index is 12.8. The van der Waals surface area contributed by atoms with E-state index in [4.69, 9.17) is 4.74 Å². The lowest BCUT2D eigenvalue weighted by Gasteiger charge is -2.27. The van der Waals surface area contributed by atoms with Crippen molar-refractivity contribution in [1.29, 1.82) is 0 Å². The van der Waals surface area contributed by atoms with E-state index in [-0.39, 0.29) is 11.4 Å². The molecule has 1 atom stereocenters. The van der Waals surface area contributed by atoms with Gasteiger partial charge in [0.25, 0.3) is 0 Å². The van der Waals surface area contributed by atoms with Crippen molar-refractivity contribution < 1.29 is 9.53 Å². The highest BCUT2D eigenvalue weighted by Crippen LogP contribution is 2.32. The van der Waals surface area contributed by atoms with Gasteiger partial charge in [0.15, 0.2) is 0 Å². The molecular weight excluding hydrogens is 428 g/mol. The summed E-state index contributed by atoms with van der Waals surface area (Å²) in [4.78, 5) is 12.8. The molecule has 2 nitrogen and oxygen atoms in total. The molecule has 0 N–H and O–H groups in total. The lowest BCUT2D eigenvalue weighted by atomic mass is 9.80. The summed E-state index contributed by atoms with van der Waals surface area (Å²) in [5.74, 6) is 0.0635. The van der Waals surface area contributed by atoms with E-state index in [2.05, 4.69) is 27.7 Å². The largest absolute Gasteiger partial charge is 0.465 e. The van der Waals surface area contributed by atoms with E-state index in [9.17, 15) is 4.79 Å². The van der Waals surface area contributed by atoms with Crippen molar-refractivity contribution in [3.8, 4) is 0 Å². The fourth-order valence-corrected chi connectivity index (χ4v) is 5.34. The second kappa shape index (κ2) is 26.5. The summed E-state index contributed by atoms with van der Waals surface area (Å²) in [6.07, 6.45) is 34.0. The molecule has 0 bridgehead atoms. The molecule has 35 heavy (non-hydrogen) atoms. The lowest BCUT2D eigenvalue weighted by Crippen LogP contribution is -2.30. The number of carbonyl (C=O) groups excluding carboxylic acids is 1. The maximum Gasteiger partial charge on any atom is 0.311 e. The Balaban J connectivity index is 3.71. The molecule has 0 saturated heterocycles. The van der Waals surface area contributed by atoms with E-state index in [0.717, 1.165) is 25.7 Å². The minimum absolute atomic E-state index is 0.0635. The van der Waals surface area contributed by atoms with Crippen LogP contribution >= 0.6 is 0 Å². The second-order valence-corrected chi connectivity index (χ2v) is 11.6. The molecule has 0 aromatic rings. The smallest absolute Gasteiger partial charge is 0.311 e. The molecule has 0 aromatic heterocycles. The highest BCUT2D eigenvalue weighted by atomic mass is 16.5. The Labute approximate surface area is 222 Å². The Morgan fingerprint density at radius 2 is 0.800 bits per heavy atom. The summed E-state index contributed by atoms with van der Waals surface area (Å²) < 4.78 is 5.75. The number of esters is 1. The fraction of sp³-hybridized carbons (Fsp3) is 0.970. The first-order chi connectivity index (χ1) is 17.1. The van der Waals surface area contributed by atoms with Crippen LogP contribution in [0.15, 0.2) is 0 Å². The van der Waals surface area contributed by atoms with Crippen LogP contribution in [0.5, 0.6) is 0 Å². The van der Waals surface area contributed by atoms with Gasteiger partial charge < -0.3 is 4.74 Å². The van der Waals surface area contributed by atoms with Crippen LogP contribution in [0.4, 0.5) is 0 Å². The average molecular weight is 495 g/mol. The third-order valence-electron chi connectivity index (χ3n) is 7.86. The van der Waals surface area contributed by atoms with Gasteiger partial charge in [-0.2, -0.15) is 0 Å². The molecule has 0 aromatic carbocycles. The van der Waals surface area contributed by atoms with Crippen LogP contribution in [0.2, 0.25) is 0 Å². The SMILES string of the molecule is CCCCCCCCCCCCCCCCC(C)(CCC)C(=O)OCCCCCCCCCCC. The first-order valence-electron chi connectivity index (χ1n) is 16.3. The van der Waals surface area contributed by atoms with E-state index in [1.165, 1.54) is 141 Å². The van der Waals surface area contributed by atoms with Gasteiger partial charge in [-0.15, -0.1) is 0 Å². The first kappa shape index (κ1) is 34.5. The molecule has 0 fully saturated rings. The van der Waals surface area contributed by atoms with Gasteiger partial charge in [0, 0.05) is 0 Å². The molecule has 0 spiro atoms. The molecule has 210 valence electrons. The molecular formula is C33H66O2. The van der Waals surface area contributed by atoms with Gasteiger partial charge in [-0.25, -0.2) is 0 Å². The molecule has 0 rings (SSSR count). The lowest BCUT2D eigenvalue weighted by molar-refractivity contribution is -0.156. The van der Waals surface area contributed by atoms with Crippen molar-refractivity contribution in [2.75, 3.05) is 6.61 Å². The van der Waals surface area contributed by atoms with Crippen molar-refractivity contribution in [2.24, 2.45) is 5.41 Å². The topological polar surface area (TPSA) is 26.3 Å². The normalized spacial score (nSPS) is 13.1. The maximum absolute atomic E-state index is 12.8. The Bertz CT molecular complexity index is 433. The van der Waals surface area contributed by atoms with Crippen molar-refractivity contribution in [3.05, 3.63) is 0 Å². The molecule has 0 heterocycles. The summed E-state index contributed by atoms with van der Waals surface area (Å²) in [5.41, 5.74) is -0.273. The van der Waals surface area contributed by atoms with E-state index in [1.807, 2.05) is 0 Å². The minimum atomic E-state index is -0.273. The Morgan fingerprint density at radius 1 is 0.457 bits per heavy atom. The van der Waals surface area contributed by atoms with E-state index >= 15 is 0 Å². The summed E-state index contributed by atoms with van der Waals surface area (Å²) in [6, 6.07) is 0. The van der Waals surface area contributed by atoms with Gasteiger partial charge >= 0.3 is 5.97 Å². The molecule has 0 saturated carbocycles. The van der Waals surface area contributed by atoms with Gasteiger partial charge in [0.2, 0.25) is 0 Å². The molecule has 0 aliphatic carbocycles. The third kappa shape index (κ3) is 22.4. The zero-order valence-electron chi connectivity index (χ0n) is 24.9. The van der Waals surface area contributed by atoms with Crippen LogP contribution in [-0.4, -0.2) is 12.6 Å². The summed E-state index contributed by atoms with van der Waals surface area (Å²) in [6.45, 7) is 9.52. The molecule has 1 unspecified atom stereocenters. The number of carbonyl (C=O) groups is 1. The van der Waals surface area contributed by atoms with Crippen LogP contribution in [0.3, 0.4) is 0 Å². The average Bonchev–Trinajstić information content (AvgIpc) is 2.85. The Kier molecular flexibility index (Phi) is 26.1. The standard InChI is InChI=1S/C33H66O2/c1-5-8-10-12-14-16-17-18-19-20-21-23-25-27-30-33(4,29-7-3)32(34)35-31-28-26-24-22-15-13-11-9-6-2/h5-31H2,1-4H3. The number of unbranched alkanes of at least 4 members (excludes halogenated alkanes) is 21. The molecule has 2 heteroatoms. The van der Waals surface area contributed by atoms with E-state index in [1.54, 1.807) is 0 Å². The third-order valence-corrected chi connectivity index (χ3v) is 7.86. The molecule has 0 aliphatic heterocycles. The van der Waals surface area contributed by atoms with Crippen molar-refractivity contribution in [3.63, 3.8) is 0 Å². The quantitative estimate of drug-likeness (QED) is 0.0798. The zero-order chi connectivity index (χ0) is 25.9. The van der Waals surface area contributed by atoms with Crippen LogP contribution in [0.1, 0.15) is 195 Å². The van der Waals surface area contributed by atoms with Crippen molar-refractivity contribution >= 4 is 5.97 Å². The van der Waals surface area contributed by atoms with Crippen LogP contribution in [0.25, 0.3) is 0 Å². The summed E-state index contributed by atoms with van der Waals surface area (Å²) in [7, 11) is 0. The predicted octanol–water partition coefficient (Wildman–Crippen LogP) is 11.7. The minimum Gasteiger partial charge on any atom is -0.465 e. The number of ether oxygens (including phenoxy) is 1. The van der Waals surface area contributed by atoms with E-state index in [0.29, 0.717) is 6.61 Å². The fourth-order valence-electron chi connectivity index (χ4n) is 5.34. The van der Waals surface area contributed by atoms with Crippen molar-refractivity contribution in [1.82, 2.24) is 0 Å². The summed E-state index contributed by atoms with van der Waals surface area (Å²) >= 11 is 0. The Morgan fingerprint density at radius 3 is 1.17 bits per heavy atom.